The van der Waals surface area contributed by atoms with Crippen molar-refractivity contribution in [2.45, 2.75) is 50.6 Å². The Hall–Kier alpha value is -1.03. The lowest BCUT2D eigenvalue weighted by molar-refractivity contribution is 0.187. The van der Waals surface area contributed by atoms with Gasteiger partial charge in [0.1, 0.15) is 0 Å². The van der Waals surface area contributed by atoms with Gasteiger partial charge in [-0.2, -0.15) is 0 Å². The summed E-state index contributed by atoms with van der Waals surface area (Å²) in [7, 11) is 0. The Morgan fingerprint density at radius 3 is 2.59 bits per heavy atom. The SMILES string of the molecule is O=C(NC1CC=CC1)N(CCCCO)C1CC1. The molecule has 0 unspecified atom stereocenters. The molecular formula is C13H22N2O2. The Kier molecular flexibility index (Phi) is 4.42. The van der Waals surface area contributed by atoms with Crippen LogP contribution in [0.25, 0.3) is 0 Å². The number of hydrogen-bond acceptors (Lipinski definition) is 2. The van der Waals surface area contributed by atoms with E-state index < -0.39 is 0 Å². The summed E-state index contributed by atoms with van der Waals surface area (Å²) in [5.41, 5.74) is 0. The van der Waals surface area contributed by atoms with Crippen molar-refractivity contribution in [2.24, 2.45) is 0 Å². The summed E-state index contributed by atoms with van der Waals surface area (Å²) in [6.07, 6.45) is 10.1. The van der Waals surface area contributed by atoms with Gasteiger partial charge in [-0.3, -0.25) is 0 Å². The first kappa shape index (κ1) is 12.4. The van der Waals surface area contributed by atoms with Gasteiger partial charge in [-0.25, -0.2) is 4.79 Å². The molecule has 2 aliphatic rings. The van der Waals surface area contributed by atoms with Crippen molar-refractivity contribution in [2.75, 3.05) is 13.2 Å². The first-order chi connectivity index (χ1) is 8.31. The third-order valence-electron chi connectivity index (χ3n) is 3.39. The molecule has 0 aromatic carbocycles. The minimum absolute atomic E-state index is 0.0825. The van der Waals surface area contributed by atoms with Crippen LogP contribution >= 0.6 is 0 Å². The summed E-state index contributed by atoms with van der Waals surface area (Å²) in [6, 6.07) is 0.823. The lowest BCUT2D eigenvalue weighted by Crippen LogP contribution is -2.45. The van der Waals surface area contributed by atoms with Crippen LogP contribution in [-0.2, 0) is 0 Å². The molecule has 0 radical (unpaired) electrons. The average Bonchev–Trinajstić information content (AvgIpc) is 3.03. The molecule has 96 valence electrons. The molecule has 0 spiro atoms. The van der Waals surface area contributed by atoms with Crippen LogP contribution in [0, 0.1) is 0 Å². The van der Waals surface area contributed by atoms with E-state index in [4.69, 9.17) is 5.11 Å². The zero-order valence-corrected chi connectivity index (χ0v) is 10.3. The topological polar surface area (TPSA) is 52.6 Å². The highest BCUT2D eigenvalue weighted by Crippen LogP contribution is 2.27. The van der Waals surface area contributed by atoms with Crippen molar-refractivity contribution >= 4 is 6.03 Å². The lowest BCUT2D eigenvalue weighted by atomic mass is 10.2. The number of rotatable bonds is 6. The third-order valence-corrected chi connectivity index (χ3v) is 3.39. The third kappa shape index (κ3) is 3.73. The van der Waals surface area contributed by atoms with Crippen molar-refractivity contribution in [1.82, 2.24) is 10.2 Å². The Bertz CT molecular complexity index is 279. The van der Waals surface area contributed by atoms with Crippen LogP contribution < -0.4 is 5.32 Å². The van der Waals surface area contributed by atoms with Gasteiger partial charge in [-0.1, -0.05) is 12.2 Å². The minimum atomic E-state index is 0.0825. The fourth-order valence-electron chi connectivity index (χ4n) is 2.22. The van der Waals surface area contributed by atoms with Gasteiger partial charge >= 0.3 is 6.03 Å². The van der Waals surface area contributed by atoms with Crippen molar-refractivity contribution in [3.05, 3.63) is 12.2 Å². The van der Waals surface area contributed by atoms with E-state index in [2.05, 4.69) is 17.5 Å². The molecule has 0 aromatic heterocycles. The Balaban J connectivity index is 1.75. The van der Waals surface area contributed by atoms with Crippen molar-refractivity contribution < 1.29 is 9.90 Å². The normalized spacial score (nSPS) is 19.6. The van der Waals surface area contributed by atoms with E-state index in [1.165, 1.54) is 0 Å². The maximum Gasteiger partial charge on any atom is 0.317 e. The zero-order valence-electron chi connectivity index (χ0n) is 10.3. The van der Waals surface area contributed by atoms with E-state index in [1.54, 1.807) is 0 Å². The van der Waals surface area contributed by atoms with E-state index in [1.807, 2.05) is 4.90 Å². The van der Waals surface area contributed by atoms with Crippen molar-refractivity contribution in [1.29, 1.82) is 0 Å². The number of hydrogen-bond donors (Lipinski definition) is 2. The predicted octanol–water partition coefficient (Wildman–Crippen LogP) is 1.65. The number of aliphatic hydroxyl groups excluding tert-OH is 1. The molecule has 1 saturated carbocycles. The van der Waals surface area contributed by atoms with E-state index >= 15 is 0 Å². The van der Waals surface area contributed by atoms with Gasteiger partial charge in [0.15, 0.2) is 0 Å². The van der Waals surface area contributed by atoms with Gasteiger partial charge in [-0.15, -0.1) is 0 Å². The number of aliphatic hydroxyl groups is 1. The number of nitrogens with one attached hydrogen (secondary N) is 1. The highest BCUT2D eigenvalue weighted by atomic mass is 16.3. The molecule has 2 amide bonds. The summed E-state index contributed by atoms with van der Waals surface area (Å²) in [6.45, 7) is 0.990. The number of carbonyl (C=O) groups excluding carboxylic acids is 1. The van der Waals surface area contributed by atoms with Crippen LogP contribution in [0.2, 0.25) is 0 Å². The molecular weight excluding hydrogens is 216 g/mol. The molecule has 0 aromatic rings. The molecule has 2 N–H and O–H groups in total. The van der Waals surface area contributed by atoms with Crippen LogP contribution in [0.1, 0.15) is 38.5 Å². The van der Waals surface area contributed by atoms with Gasteiger partial charge in [-0.05, 0) is 38.5 Å². The highest BCUT2D eigenvalue weighted by molar-refractivity contribution is 5.75. The molecule has 0 heterocycles. The number of carbonyl (C=O) groups is 1. The van der Waals surface area contributed by atoms with Gasteiger partial charge in [0, 0.05) is 25.2 Å². The number of nitrogens with zero attached hydrogens (tertiary/aromatic N) is 1. The van der Waals surface area contributed by atoms with E-state index in [0.717, 1.165) is 45.1 Å². The maximum absolute atomic E-state index is 12.1. The predicted molar refractivity (Wildman–Crippen MR) is 66.7 cm³/mol. The largest absolute Gasteiger partial charge is 0.396 e. The Labute approximate surface area is 103 Å². The van der Waals surface area contributed by atoms with Crippen molar-refractivity contribution in [3.8, 4) is 0 Å². The van der Waals surface area contributed by atoms with Crippen LogP contribution in [0.5, 0.6) is 0 Å². The Morgan fingerprint density at radius 1 is 1.29 bits per heavy atom. The van der Waals surface area contributed by atoms with Gasteiger partial charge in [0.05, 0.1) is 0 Å². The molecule has 0 bridgehead atoms. The quantitative estimate of drug-likeness (QED) is 0.546. The fourth-order valence-corrected chi connectivity index (χ4v) is 2.22. The molecule has 0 saturated heterocycles. The van der Waals surface area contributed by atoms with Crippen LogP contribution in [0.15, 0.2) is 12.2 Å². The first-order valence-electron chi connectivity index (χ1n) is 6.64. The summed E-state index contributed by atoms with van der Waals surface area (Å²) in [5, 5.41) is 11.9. The van der Waals surface area contributed by atoms with Crippen LogP contribution in [-0.4, -0.2) is 41.3 Å². The standard InChI is InChI=1S/C13H22N2O2/c16-10-4-3-9-15(12-7-8-12)13(17)14-11-5-1-2-6-11/h1-2,11-12,16H,3-10H2,(H,14,17). The number of unbranched alkanes of at least 4 members (excludes halogenated alkanes) is 1. The number of urea groups is 1. The molecule has 2 aliphatic carbocycles. The second kappa shape index (κ2) is 6.05. The molecule has 4 nitrogen and oxygen atoms in total. The second-order valence-corrected chi connectivity index (χ2v) is 4.94. The summed E-state index contributed by atoms with van der Waals surface area (Å²) >= 11 is 0. The van der Waals surface area contributed by atoms with E-state index in [-0.39, 0.29) is 12.6 Å². The van der Waals surface area contributed by atoms with Crippen LogP contribution in [0.3, 0.4) is 0 Å². The monoisotopic (exact) mass is 238 g/mol. The lowest BCUT2D eigenvalue weighted by Gasteiger charge is -2.25. The van der Waals surface area contributed by atoms with Crippen LogP contribution in [0.4, 0.5) is 4.79 Å². The zero-order chi connectivity index (χ0) is 12.1. The van der Waals surface area contributed by atoms with Gasteiger partial charge in [0.2, 0.25) is 0 Å². The summed E-state index contributed by atoms with van der Waals surface area (Å²) in [5.74, 6) is 0. The van der Waals surface area contributed by atoms with E-state index in [9.17, 15) is 4.79 Å². The van der Waals surface area contributed by atoms with Gasteiger partial charge < -0.3 is 15.3 Å². The second-order valence-electron chi connectivity index (χ2n) is 4.94. The summed E-state index contributed by atoms with van der Waals surface area (Å²) < 4.78 is 0. The van der Waals surface area contributed by atoms with Crippen molar-refractivity contribution in [3.63, 3.8) is 0 Å². The van der Waals surface area contributed by atoms with Gasteiger partial charge in [0.25, 0.3) is 0 Å². The minimum Gasteiger partial charge on any atom is -0.396 e. The maximum atomic E-state index is 12.1. The molecule has 1 fully saturated rings. The smallest absolute Gasteiger partial charge is 0.317 e. The molecule has 0 aliphatic heterocycles. The van der Waals surface area contributed by atoms with E-state index in [0.29, 0.717) is 12.1 Å². The number of amides is 2. The average molecular weight is 238 g/mol. The molecule has 2 rings (SSSR count). The highest BCUT2D eigenvalue weighted by Gasteiger charge is 2.32. The fraction of sp³-hybridized carbons (Fsp3) is 0.769. The summed E-state index contributed by atoms with van der Waals surface area (Å²) in [4.78, 5) is 14.1. The molecule has 0 atom stereocenters. The molecule has 4 heteroatoms. The molecule has 17 heavy (non-hydrogen) atoms. The first-order valence-corrected chi connectivity index (χ1v) is 6.64. The Morgan fingerprint density at radius 2 is 2.00 bits per heavy atom.